The molecule has 0 nitrogen and oxygen atoms in total. The lowest BCUT2D eigenvalue weighted by molar-refractivity contribution is 1.15. The number of terminal acetylenes is 1. The average molecular weight is 360 g/mol. The van der Waals surface area contributed by atoms with Crippen LogP contribution >= 0.6 is 11.3 Å². The van der Waals surface area contributed by atoms with E-state index < -0.39 is 0 Å². The molecule has 0 N–H and O–H groups in total. The molecule has 5 rings (SSSR count). The van der Waals surface area contributed by atoms with Crippen LogP contribution in [0.5, 0.6) is 0 Å². The molecule has 1 aromatic heterocycles. The second-order valence-corrected chi connectivity index (χ2v) is 7.73. The Hall–Kier alpha value is -3.26. The highest BCUT2D eigenvalue weighted by molar-refractivity contribution is 7.13. The van der Waals surface area contributed by atoms with Gasteiger partial charge in [-0.05, 0) is 56.4 Å². The van der Waals surface area contributed by atoms with E-state index in [1.807, 2.05) is 0 Å². The molecule has 0 unspecified atom stereocenters. The molecule has 0 saturated heterocycles. The monoisotopic (exact) mass is 360 g/mol. The summed E-state index contributed by atoms with van der Waals surface area (Å²) in [6, 6.07) is 21.7. The topological polar surface area (TPSA) is 0 Å². The second kappa shape index (κ2) is 6.17. The first-order chi connectivity index (χ1) is 13.3. The number of thiophene rings is 1. The fourth-order valence-corrected chi connectivity index (χ4v) is 4.76. The van der Waals surface area contributed by atoms with Crippen LogP contribution in [-0.4, -0.2) is 0 Å². The minimum absolute atomic E-state index is 0.941. The van der Waals surface area contributed by atoms with E-state index in [4.69, 9.17) is 6.42 Å². The van der Waals surface area contributed by atoms with E-state index >= 15 is 0 Å². The predicted octanol–water partition coefficient (Wildman–Crippen LogP) is 6.59. The Morgan fingerprint density at radius 1 is 0.852 bits per heavy atom. The van der Waals surface area contributed by atoms with Crippen molar-refractivity contribution in [2.24, 2.45) is 0 Å². The van der Waals surface area contributed by atoms with Crippen molar-refractivity contribution in [1.29, 1.82) is 0 Å². The molecule has 1 heterocycles. The normalized spacial score (nSPS) is 11.0. The summed E-state index contributed by atoms with van der Waals surface area (Å²) in [5, 5.41) is 7.67. The van der Waals surface area contributed by atoms with Crippen molar-refractivity contribution in [2.45, 2.75) is 13.3 Å². The summed E-state index contributed by atoms with van der Waals surface area (Å²) in [5.41, 5.74) is 2.27. The first-order valence-corrected chi connectivity index (χ1v) is 9.88. The van der Waals surface area contributed by atoms with Gasteiger partial charge in [0.2, 0.25) is 0 Å². The molecule has 126 valence electrons. The van der Waals surface area contributed by atoms with Crippen molar-refractivity contribution < 1.29 is 0 Å². The number of aryl methyl sites for hydroxylation is 1. The number of benzene rings is 4. The molecule has 0 bridgehead atoms. The van der Waals surface area contributed by atoms with Gasteiger partial charge >= 0.3 is 0 Å². The summed E-state index contributed by atoms with van der Waals surface area (Å²) in [7, 11) is 0. The van der Waals surface area contributed by atoms with E-state index in [-0.39, 0.29) is 0 Å². The first-order valence-electron chi connectivity index (χ1n) is 9.06. The maximum Gasteiger partial charge on any atom is 0.0810 e. The molecule has 0 fully saturated rings. The maximum atomic E-state index is 5.62. The number of rotatable bonds is 1. The van der Waals surface area contributed by atoms with Gasteiger partial charge in [-0.2, -0.15) is 0 Å². The number of hydrogen-bond acceptors (Lipinski definition) is 1. The molecule has 5 aromatic rings. The van der Waals surface area contributed by atoms with Crippen molar-refractivity contribution in [1.82, 2.24) is 0 Å². The van der Waals surface area contributed by atoms with E-state index in [0.717, 1.165) is 21.7 Å². The van der Waals surface area contributed by atoms with Gasteiger partial charge in [-0.25, -0.2) is 0 Å². The van der Waals surface area contributed by atoms with Gasteiger partial charge in [0.05, 0.1) is 9.75 Å². The van der Waals surface area contributed by atoms with Gasteiger partial charge in [-0.1, -0.05) is 73.2 Å². The third-order valence-corrected chi connectivity index (χ3v) is 6.19. The molecule has 0 spiro atoms. The molecule has 0 aliphatic carbocycles. The number of hydrogen-bond donors (Lipinski definition) is 0. The van der Waals surface area contributed by atoms with E-state index in [1.54, 1.807) is 11.3 Å². The van der Waals surface area contributed by atoms with Crippen molar-refractivity contribution in [3.8, 4) is 24.2 Å². The Kier molecular flexibility index (Phi) is 3.64. The molecule has 0 aliphatic rings. The Morgan fingerprint density at radius 2 is 1.56 bits per heavy atom. The molecule has 27 heavy (non-hydrogen) atoms. The summed E-state index contributed by atoms with van der Waals surface area (Å²) >= 11 is 1.61. The molecule has 0 atom stereocenters. The minimum atomic E-state index is 0.941. The van der Waals surface area contributed by atoms with Crippen LogP contribution < -0.4 is 0 Å². The molecular weight excluding hydrogens is 344 g/mol. The lowest BCUT2D eigenvalue weighted by Crippen LogP contribution is -1.86. The van der Waals surface area contributed by atoms with E-state index in [2.05, 4.69) is 85.3 Å². The van der Waals surface area contributed by atoms with Crippen LogP contribution in [-0.2, 0) is 6.42 Å². The van der Waals surface area contributed by atoms with Gasteiger partial charge in [-0.15, -0.1) is 17.8 Å². The van der Waals surface area contributed by atoms with E-state index in [1.165, 1.54) is 37.9 Å². The van der Waals surface area contributed by atoms with Gasteiger partial charge in [-0.3, -0.25) is 0 Å². The SMILES string of the molecule is C#Cc1sc(C#Cc2ccc3ccc4cccc5ccc2c3c45)cc1CC. The third-order valence-electron chi connectivity index (χ3n) is 5.17. The molecule has 0 amide bonds. The summed E-state index contributed by atoms with van der Waals surface area (Å²) in [6.45, 7) is 2.13. The standard InChI is InChI=1S/C26H16S/c1-3-17-16-22(27-24(17)4-2)14-12-18-8-9-21-11-10-19-6-5-7-20-13-15-23(18)26(21)25(19)20/h2,5-11,13,15-16H,3H2,1H3. The Balaban J connectivity index is 1.73. The third kappa shape index (κ3) is 2.48. The summed E-state index contributed by atoms with van der Waals surface area (Å²) in [5.74, 6) is 9.51. The molecule has 0 saturated carbocycles. The predicted molar refractivity (Wildman–Crippen MR) is 118 cm³/mol. The van der Waals surface area contributed by atoms with Crippen LogP contribution in [0.3, 0.4) is 0 Å². The van der Waals surface area contributed by atoms with Gasteiger partial charge in [0.25, 0.3) is 0 Å². The fraction of sp³-hybridized carbons (Fsp3) is 0.0769. The molecule has 4 aromatic carbocycles. The maximum absolute atomic E-state index is 5.62. The van der Waals surface area contributed by atoms with E-state index in [0.29, 0.717) is 0 Å². The smallest absolute Gasteiger partial charge is 0.0810 e. The Labute approximate surface area is 162 Å². The molecular formula is C26H16S. The van der Waals surface area contributed by atoms with Crippen molar-refractivity contribution in [3.05, 3.63) is 81.5 Å². The van der Waals surface area contributed by atoms with E-state index in [9.17, 15) is 0 Å². The molecule has 0 radical (unpaired) electrons. The summed E-state index contributed by atoms with van der Waals surface area (Å²) < 4.78 is 0. The van der Waals surface area contributed by atoms with Crippen LogP contribution in [0.15, 0.2) is 60.7 Å². The molecule has 0 aliphatic heterocycles. The second-order valence-electron chi connectivity index (χ2n) is 6.68. The highest BCUT2D eigenvalue weighted by Gasteiger charge is 2.10. The van der Waals surface area contributed by atoms with Gasteiger partial charge in [0.15, 0.2) is 0 Å². The zero-order valence-electron chi connectivity index (χ0n) is 15.0. The summed E-state index contributed by atoms with van der Waals surface area (Å²) in [4.78, 5) is 2.03. The van der Waals surface area contributed by atoms with Gasteiger partial charge < -0.3 is 0 Å². The van der Waals surface area contributed by atoms with Crippen LogP contribution in [0, 0.1) is 24.2 Å². The fourth-order valence-electron chi connectivity index (χ4n) is 3.85. The Morgan fingerprint density at radius 3 is 2.26 bits per heavy atom. The van der Waals surface area contributed by atoms with Crippen LogP contribution in [0.1, 0.15) is 27.8 Å². The highest BCUT2D eigenvalue weighted by atomic mass is 32.1. The van der Waals surface area contributed by atoms with Gasteiger partial charge in [0, 0.05) is 5.56 Å². The van der Waals surface area contributed by atoms with Crippen molar-refractivity contribution in [3.63, 3.8) is 0 Å². The van der Waals surface area contributed by atoms with Crippen molar-refractivity contribution >= 4 is 43.7 Å². The van der Waals surface area contributed by atoms with Crippen LogP contribution in [0.4, 0.5) is 0 Å². The van der Waals surface area contributed by atoms with Gasteiger partial charge in [0.1, 0.15) is 0 Å². The minimum Gasteiger partial charge on any atom is -0.118 e. The lowest BCUT2D eigenvalue weighted by Gasteiger charge is -2.11. The molecule has 1 heteroatoms. The Bertz CT molecular complexity index is 1400. The lowest BCUT2D eigenvalue weighted by atomic mass is 9.92. The first kappa shape index (κ1) is 16.0. The zero-order valence-corrected chi connectivity index (χ0v) is 15.8. The van der Waals surface area contributed by atoms with Crippen LogP contribution in [0.25, 0.3) is 32.3 Å². The van der Waals surface area contributed by atoms with Crippen molar-refractivity contribution in [2.75, 3.05) is 0 Å². The zero-order chi connectivity index (χ0) is 18.4. The highest BCUT2D eigenvalue weighted by Crippen LogP contribution is 2.35. The average Bonchev–Trinajstić information content (AvgIpc) is 3.13. The summed E-state index contributed by atoms with van der Waals surface area (Å²) in [6.07, 6.45) is 6.56. The quantitative estimate of drug-likeness (QED) is 0.234. The van der Waals surface area contributed by atoms with Crippen LogP contribution in [0.2, 0.25) is 0 Å². The largest absolute Gasteiger partial charge is 0.118 e.